The number of hydrogen-bond acceptors (Lipinski definition) is 2. The third kappa shape index (κ3) is 7.56. The molecule has 7 heteroatoms. The van der Waals surface area contributed by atoms with Crippen molar-refractivity contribution < 1.29 is 17.9 Å². The van der Waals surface area contributed by atoms with Crippen LogP contribution in [0.1, 0.15) is 18.1 Å². The second kappa shape index (κ2) is 9.74. The summed E-state index contributed by atoms with van der Waals surface area (Å²) in [5.41, 5.74) is -0.383. The van der Waals surface area contributed by atoms with Crippen molar-refractivity contribution in [2.45, 2.75) is 13.1 Å². The minimum Gasteiger partial charge on any atom is -0.380 e. The van der Waals surface area contributed by atoms with E-state index in [1.54, 1.807) is 7.05 Å². The molecule has 0 aliphatic carbocycles. The van der Waals surface area contributed by atoms with Gasteiger partial charge in [-0.1, -0.05) is 17.9 Å². The molecule has 1 aromatic carbocycles. The molecule has 0 unspecified atom stereocenters. The van der Waals surface area contributed by atoms with E-state index in [0.29, 0.717) is 31.3 Å². The van der Waals surface area contributed by atoms with Gasteiger partial charge in [0, 0.05) is 25.8 Å². The number of nitrogens with one attached hydrogen (secondary N) is 2. The molecule has 1 aromatic rings. The van der Waals surface area contributed by atoms with Gasteiger partial charge in [0.05, 0.1) is 18.7 Å². The predicted octanol–water partition coefficient (Wildman–Crippen LogP) is 2.26. The average Bonchev–Trinajstić information content (AvgIpc) is 2.53. The zero-order chi connectivity index (χ0) is 17.1. The molecule has 0 aromatic heterocycles. The third-order valence-corrected chi connectivity index (χ3v) is 2.73. The van der Waals surface area contributed by atoms with E-state index in [4.69, 9.17) is 4.74 Å². The molecular weight excluding hydrogens is 307 g/mol. The number of hydrogen-bond donors (Lipinski definition) is 2. The maximum absolute atomic E-state index is 12.6. The highest BCUT2D eigenvalue weighted by atomic mass is 19.4. The molecule has 0 atom stereocenters. The second-order valence-electron chi connectivity index (χ2n) is 4.43. The zero-order valence-corrected chi connectivity index (χ0v) is 13.1. The van der Waals surface area contributed by atoms with E-state index < -0.39 is 11.7 Å². The number of ether oxygens (including phenoxy) is 1. The topological polar surface area (TPSA) is 45.6 Å². The lowest BCUT2D eigenvalue weighted by atomic mass is 10.1. The van der Waals surface area contributed by atoms with E-state index >= 15 is 0 Å². The largest absolute Gasteiger partial charge is 0.416 e. The molecule has 0 heterocycles. The van der Waals surface area contributed by atoms with Crippen LogP contribution in [0.5, 0.6) is 0 Å². The molecule has 0 radical (unpaired) electrons. The molecule has 4 nitrogen and oxygen atoms in total. The Morgan fingerprint density at radius 2 is 2.09 bits per heavy atom. The summed E-state index contributed by atoms with van der Waals surface area (Å²) in [7, 11) is 1.62. The van der Waals surface area contributed by atoms with Crippen LogP contribution in [0.25, 0.3) is 0 Å². The first-order valence-electron chi connectivity index (χ1n) is 7.15. The minimum atomic E-state index is -4.36. The Morgan fingerprint density at radius 1 is 1.30 bits per heavy atom. The first kappa shape index (κ1) is 18.8. The summed E-state index contributed by atoms with van der Waals surface area (Å²) < 4.78 is 42.9. The summed E-state index contributed by atoms with van der Waals surface area (Å²) in [5.74, 6) is 6.02. The van der Waals surface area contributed by atoms with Gasteiger partial charge in [0.25, 0.3) is 0 Å². The number of halogens is 3. The smallest absolute Gasteiger partial charge is 0.380 e. The minimum absolute atomic E-state index is 0.268. The van der Waals surface area contributed by atoms with Gasteiger partial charge in [-0.05, 0) is 25.1 Å². The summed E-state index contributed by atoms with van der Waals surface area (Å²) in [6, 6.07) is 4.93. The van der Waals surface area contributed by atoms with Crippen molar-refractivity contribution in [1.82, 2.24) is 10.6 Å². The molecule has 2 N–H and O–H groups in total. The van der Waals surface area contributed by atoms with E-state index in [1.165, 1.54) is 12.1 Å². The average molecular weight is 327 g/mol. The molecule has 1 rings (SSSR count). The van der Waals surface area contributed by atoms with Crippen molar-refractivity contribution in [2.75, 3.05) is 33.4 Å². The Hall–Kier alpha value is -2.20. The van der Waals surface area contributed by atoms with Crippen LogP contribution in [0.2, 0.25) is 0 Å². The van der Waals surface area contributed by atoms with Crippen molar-refractivity contribution >= 4 is 5.96 Å². The number of nitrogens with zero attached hydrogens (tertiary/aromatic N) is 1. The van der Waals surface area contributed by atoms with E-state index in [9.17, 15) is 13.2 Å². The maximum atomic E-state index is 12.6. The molecule has 0 saturated heterocycles. The third-order valence-electron chi connectivity index (χ3n) is 2.73. The molecule has 0 amide bonds. The Labute approximate surface area is 134 Å². The molecular formula is C16H20F3N3O. The van der Waals surface area contributed by atoms with E-state index in [-0.39, 0.29) is 6.54 Å². The Kier molecular flexibility index (Phi) is 7.98. The molecule has 0 spiro atoms. The van der Waals surface area contributed by atoms with Gasteiger partial charge in [-0.15, -0.1) is 0 Å². The highest BCUT2D eigenvalue weighted by Crippen LogP contribution is 2.29. The highest BCUT2D eigenvalue weighted by molar-refractivity contribution is 5.79. The summed E-state index contributed by atoms with van der Waals surface area (Å²) in [5, 5.41) is 5.98. The summed E-state index contributed by atoms with van der Waals surface area (Å²) in [4.78, 5) is 4.00. The van der Waals surface area contributed by atoms with Gasteiger partial charge in [-0.25, -0.2) is 0 Å². The normalized spacial score (nSPS) is 11.6. The van der Waals surface area contributed by atoms with E-state index in [0.717, 1.165) is 12.1 Å². The molecule has 23 heavy (non-hydrogen) atoms. The van der Waals surface area contributed by atoms with Crippen molar-refractivity contribution in [1.29, 1.82) is 0 Å². The molecule has 0 aliphatic rings. The van der Waals surface area contributed by atoms with Crippen LogP contribution in [-0.4, -0.2) is 39.3 Å². The van der Waals surface area contributed by atoms with Gasteiger partial charge in [0.2, 0.25) is 0 Å². The molecule has 0 saturated carbocycles. The van der Waals surface area contributed by atoms with Crippen molar-refractivity contribution in [2.24, 2.45) is 4.99 Å². The van der Waals surface area contributed by atoms with E-state index in [2.05, 4.69) is 27.5 Å². The fourth-order valence-corrected chi connectivity index (χ4v) is 1.65. The van der Waals surface area contributed by atoms with E-state index in [1.807, 2.05) is 6.92 Å². The lowest BCUT2D eigenvalue weighted by Crippen LogP contribution is -2.39. The summed E-state index contributed by atoms with van der Waals surface area (Å²) in [6.07, 6.45) is -4.36. The van der Waals surface area contributed by atoms with Crippen LogP contribution in [0.15, 0.2) is 29.3 Å². The SMILES string of the molecule is CCOCCNC(=NC)NCC#Cc1cccc(C(F)(F)F)c1. The number of rotatable bonds is 5. The quantitative estimate of drug-likeness (QED) is 0.377. The number of guanidine groups is 1. The zero-order valence-electron chi connectivity index (χ0n) is 13.1. The van der Waals surface area contributed by atoms with Crippen molar-refractivity contribution in [3.05, 3.63) is 35.4 Å². The summed E-state index contributed by atoms with van der Waals surface area (Å²) in [6.45, 7) is 4.00. The standard InChI is InChI=1S/C16H20F3N3O/c1-3-23-11-10-22-15(20-2)21-9-5-7-13-6-4-8-14(12-13)16(17,18)19/h4,6,8,12H,3,9-11H2,1-2H3,(H2,20,21,22). The van der Waals surface area contributed by atoms with Gasteiger partial charge in [0.15, 0.2) is 5.96 Å². The number of aliphatic imine (C=N–C) groups is 1. The molecule has 0 bridgehead atoms. The highest BCUT2D eigenvalue weighted by Gasteiger charge is 2.30. The fourth-order valence-electron chi connectivity index (χ4n) is 1.65. The Morgan fingerprint density at radius 3 is 2.74 bits per heavy atom. The molecule has 0 fully saturated rings. The first-order valence-corrected chi connectivity index (χ1v) is 7.15. The van der Waals surface area contributed by atoms with Gasteiger partial charge in [-0.2, -0.15) is 13.2 Å². The molecule has 126 valence electrons. The lowest BCUT2D eigenvalue weighted by molar-refractivity contribution is -0.137. The number of benzene rings is 1. The van der Waals surface area contributed by atoms with Crippen LogP contribution < -0.4 is 10.6 Å². The van der Waals surface area contributed by atoms with Gasteiger partial charge < -0.3 is 15.4 Å². The van der Waals surface area contributed by atoms with Crippen LogP contribution in [0.3, 0.4) is 0 Å². The van der Waals surface area contributed by atoms with Gasteiger partial charge in [-0.3, -0.25) is 4.99 Å². The van der Waals surface area contributed by atoms with Crippen molar-refractivity contribution in [3.8, 4) is 11.8 Å². The van der Waals surface area contributed by atoms with Crippen LogP contribution in [0.4, 0.5) is 13.2 Å². The number of alkyl halides is 3. The van der Waals surface area contributed by atoms with Crippen LogP contribution in [0, 0.1) is 11.8 Å². The fraction of sp³-hybridized carbons (Fsp3) is 0.438. The monoisotopic (exact) mass is 327 g/mol. The van der Waals surface area contributed by atoms with Crippen LogP contribution in [-0.2, 0) is 10.9 Å². The van der Waals surface area contributed by atoms with Gasteiger partial charge >= 0.3 is 6.18 Å². The maximum Gasteiger partial charge on any atom is 0.416 e. The Balaban J connectivity index is 2.48. The first-order chi connectivity index (χ1) is 11.0. The predicted molar refractivity (Wildman–Crippen MR) is 84.2 cm³/mol. The second-order valence-corrected chi connectivity index (χ2v) is 4.43. The van der Waals surface area contributed by atoms with Crippen LogP contribution >= 0.6 is 0 Å². The summed E-state index contributed by atoms with van der Waals surface area (Å²) >= 11 is 0. The lowest BCUT2D eigenvalue weighted by Gasteiger charge is -2.09. The Bertz CT molecular complexity index is 574. The van der Waals surface area contributed by atoms with Gasteiger partial charge in [0.1, 0.15) is 0 Å². The molecule has 0 aliphatic heterocycles. The van der Waals surface area contributed by atoms with Crippen molar-refractivity contribution in [3.63, 3.8) is 0 Å².